The van der Waals surface area contributed by atoms with Gasteiger partial charge in [0.1, 0.15) is 5.84 Å². The Kier molecular flexibility index (Phi) is 1.09. The van der Waals surface area contributed by atoms with E-state index < -0.39 is 0 Å². The summed E-state index contributed by atoms with van der Waals surface area (Å²) in [6.45, 7) is 0. The number of nitrogens with two attached hydrogens (primary N) is 2. The lowest BCUT2D eigenvalue weighted by atomic mass is 10.1. The van der Waals surface area contributed by atoms with Gasteiger partial charge >= 0.3 is 0 Å². The molecule has 2 rings (SSSR count). The zero-order valence-corrected chi connectivity index (χ0v) is 5.91. The van der Waals surface area contributed by atoms with E-state index in [4.69, 9.17) is 11.5 Å². The van der Waals surface area contributed by atoms with Gasteiger partial charge in [0.25, 0.3) is 0 Å². The highest BCUT2D eigenvalue weighted by molar-refractivity contribution is 6.12. The number of hydrogen-bond acceptors (Lipinski definition) is 4. The molecule has 0 saturated heterocycles. The molecule has 0 aromatic rings. The van der Waals surface area contributed by atoms with Crippen LogP contribution in [-0.4, -0.2) is 11.7 Å². The van der Waals surface area contributed by atoms with Crippen LogP contribution < -0.4 is 11.5 Å². The lowest BCUT2D eigenvalue weighted by Crippen LogP contribution is -2.23. The molecule has 0 radical (unpaired) electrons. The van der Waals surface area contributed by atoms with E-state index in [1.54, 1.807) is 6.20 Å². The van der Waals surface area contributed by atoms with Gasteiger partial charge in [-0.3, -0.25) is 0 Å². The molecule has 0 amide bonds. The number of fused-ring (bicyclic) bond motifs is 1. The van der Waals surface area contributed by atoms with Crippen molar-refractivity contribution in [1.82, 2.24) is 0 Å². The van der Waals surface area contributed by atoms with Gasteiger partial charge in [0, 0.05) is 23.9 Å². The largest absolute Gasteiger partial charge is 0.401 e. The van der Waals surface area contributed by atoms with Crippen LogP contribution in [0.15, 0.2) is 33.5 Å². The van der Waals surface area contributed by atoms with Crippen LogP contribution in [-0.2, 0) is 0 Å². The van der Waals surface area contributed by atoms with E-state index in [0.717, 1.165) is 11.3 Å². The standard InChI is InChI=1S/C7H8N4/c8-5-3-6(9)11-7-4(5)1-2-10-7/h1-2H,3,8H2,(H2,9,10,11). The Morgan fingerprint density at radius 3 is 3.00 bits per heavy atom. The van der Waals surface area contributed by atoms with E-state index in [-0.39, 0.29) is 0 Å². The third-order valence-corrected chi connectivity index (χ3v) is 1.65. The molecule has 0 saturated carbocycles. The highest BCUT2D eigenvalue weighted by Gasteiger charge is 2.17. The first-order valence-corrected chi connectivity index (χ1v) is 3.34. The zero-order chi connectivity index (χ0) is 7.84. The molecule has 0 fully saturated rings. The maximum atomic E-state index is 5.70. The molecule has 0 atom stereocenters. The van der Waals surface area contributed by atoms with E-state index in [1.807, 2.05) is 6.08 Å². The van der Waals surface area contributed by atoms with Crippen molar-refractivity contribution >= 4 is 11.7 Å². The Balaban J connectivity index is 2.49. The van der Waals surface area contributed by atoms with E-state index in [0.29, 0.717) is 18.1 Å². The predicted octanol–water partition coefficient (Wildman–Crippen LogP) is -0.114. The minimum atomic E-state index is 0.536. The first-order chi connectivity index (χ1) is 5.27. The minimum Gasteiger partial charge on any atom is -0.401 e. The summed E-state index contributed by atoms with van der Waals surface area (Å²) in [5.74, 6) is 1.18. The monoisotopic (exact) mass is 148 g/mol. The summed E-state index contributed by atoms with van der Waals surface area (Å²) < 4.78 is 0. The van der Waals surface area contributed by atoms with Gasteiger partial charge in [0.05, 0.1) is 0 Å². The Labute approximate surface area is 64.0 Å². The van der Waals surface area contributed by atoms with E-state index >= 15 is 0 Å². The number of aliphatic imine (C=N–C) groups is 2. The highest BCUT2D eigenvalue weighted by Crippen LogP contribution is 2.18. The molecule has 0 unspecified atom stereocenters. The third kappa shape index (κ3) is 0.832. The number of amidine groups is 2. The van der Waals surface area contributed by atoms with Crippen LogP contribution in [0.1, 0.15) is 6.42 Å². The Morgan fingerprint density at radius 1 is 1.36 bits per heavy atom. The molecular weight excluding hydrogens is 140 g/mol. The molecule has 11 heavy (non-hydrogen) atoms. The molecule has 0 aromatic heterocycles. The lowest BCUT2D eigenvalue weighted by Gasteiger charge is -2.10. The molecular formula is C7H8N4. The average Bonchev–Trinajstić information content (AvgIpc) is 2.34. The lowest BCUT2D eigenvalue weighted by molar-refractivity contribution is 1.15. The van der Waals surface area contributed by atoms with Crippen LogP contribution in [0.2, 0.25) is 0 Å². The molecule has 4 heteroatoms. The molecule has 4 N–H and O–H groups in total. The molecule has 0 spiro atoms. The molecule has 4 nitrogen and oxygen atoms in total. The van der Waals surface area contributed by atoms with Crippen molar-refractivity contribution in [3.8, 4) is 0 Å². The fourth-order valence-electron chi connectivity index (χ4n) is 1.13. The van der Waals surface area contributed by atoms with Crippen LogP contribution in [0.4, 0.5) is 0 Å². The maximum absolute atomic E-state index is 5.70. The second-order valence-electron chi connectivity index (χ2n) is 2.49. The van der Waals surface area contributed by atoms with E-state index in [2.05, 4.69) is 9.98 Å². The molecule has 0 bridgehead atoms. The maximum Gasteiger partial charge on any atom is 0.162 e. The fourth-order valence-corrected chi connectivity index (χ4v) is 1.13. The van der Waals surface area contributed by atoms with Crippen LogP contribution in [0.3, 0.4) is 0 Å². The summed E-state index contributed by atoms with van der Waals surface area (Å²) in [5, 5.41) is 0. The topological polar surface area (TPSA) is 76.8 Å². The van der Waals surface area contributed by atoms with Gasteiger partial charge in [-0.25, -0.2) is 9.98 Å². The van der Waals surface area contributed by atoms with Crippen molar-refractivity contribution in [2.45, 2.75) is 6.42 Å². The van der Waals surface area contributed by atoms with Crippen LogP contribution in [0, 0.1) is 0 Å². The molecule has 56 valence electrons. The van der Waals surface area contributed by atoms with Crippen molar-refractivity contribution < 1.29 is 0 Å². The first kappa shape index (κ1) is 6.15. The zero-order valence-electron chi connectivity index (χ0n) is 5.91. The van der Waals surface area contributed by atoms with Crippen molar-refractivity contribution in [3.05, 3.63) is 23.5 Å². The normalized spacial score (nSPS) is 21.5. The van der Waals surface area contributed by atoms with Crippen molar-refractivity contribution in [1.29, 1.82) is 0 Å². The van der Waals surface area contributed by atoms with Crippen molar-refractivity contribution in [3.63, 3.8) is 0 Å². The summed E-state index contributed by atoms with van der Waals surface area (Å²) in [5.41, 5.74) is 12.9. The first-order valence-electron chi connectivity index (χ1n) is 3.34. The summed E-state index contributed by atoms with van der Waals surface area (Å²) >= 11 is 0. The van der Waals surface area contributed by atoms with Gasteiger partial charge in [-0.2, -0.15) is 0 Å². The van der Waals surface area contributed by atoms with Crippen LogP contribution >= 0.6 is 0 Å². The molecule has 2 aliphatic heterocycles. The molecule has 2 aliphatic rings. The van der Waals surface area contributed by atoms with Gasteiger partial charge < -0.3 is 11.5 Å². The summed E-state index contributed by atoms with van der Waals surface area (Å²) in [6.07, 6.45) is 4.08. The second kappa shape index (κ2) is 1.95. The number of nitrogens with zero attached hydrogens (tertiary/aromatic N) is 2. The van der Waals surface area contributed by atoms with Gasteiger partial charge in [-0.05, 0) is 6.08 Å². The van der Waals surface area contributed by atoms with E-state index in [1.165, 1.54) is 0 Å². The second-order valence-corrected chi connectivity index (χ2v) is 2.49. The Morgan fingerprint density at radius 2 is 2.18 bits per heavy atom. The quantitative estimate of drug-likeness (QED) is 0.502. The SMILES string of the molecule is NC1=NC2=NC=CC2=C(N)C1. The van der Waals surface area contributed by atoms with Crippen molar-refractivity contribution in [2.24, 2.45) is 21.5 Å². The Bertz CT molecular complexity index is 319. The summed E-state index contributed by atoms with van der Waals surface area (Å²) in [6, 6.07) is 0. The van der Waals surface area contributed by atoms with Gasteiger partial charge in [0.2, 0.25) is 0 Å². The van der Waals surface area contributed by atoms with Gasteiger partial charge in [-0.1, -0.05) is 0 Å². The molecule has 0 aliphatic carbocycles. The van der Waals surface area contributed by atoms with Gasteiger partial charge in [0.15, 0.2) is 5.84 Å². The number of dihydropyridines is 1. The minimum absolute atomic E-state index is 0.536. The van der Waals surface area contributed by atoms with E-state index in [9.17, 15) is 0 Å². The Hall–Kier alpha value is -1.58. The molecule has 2 heterocycles. The number of rotatable bonds is 0. The smallest absolute Gasteiger partial charge is 0.162 e. The van der Waals surface area contributed by atoms with Crippen molar-refractivity contribution in [2.75, 3.05) is 0 Å². The van der Waals surface area contributed by atoms with Gasteiger partial charge in [-0.15, -0.1) is 0 Å². The number of hydrogen-bond donors (Lipinski definition) is 2. The average molecular weight is 148 g/mol. The van der Waals surface area contributed by atoms with Crippen LogP contribution in [0.5, 0.6) is 0 Å². The predicted molar refractivity (Wildman–Crippen MR) is 44.0 cm³/mol. The highest BCUT2D eigenvalue weighted by atomic mass is 15.0. The summed E-state index contributed by atoms with van der Waals surface area (Å²) in [7, 11) is 0. The summed E-state index contributed by atoms with van der Waals surface area (Å²) in [4.78, 5) is 8.03. The van der Waals surface area contributed by atoms with Crippen LogP contribution in [0.25, 0.3) is 0 Å². The fraction of sp³-hybridized carbons (Fsp3) is 0.143. The third-order valence-electron chi connectivity index (χ3n) is 1.65. The molecule has 0 aromatic carbocycles.